The minimum absolute atomic E-state index is 0.0104. The molecule has 0 heterocycles. The van der Waals surface area contributed by atoms with Crippen LogP contribution >= 0.6 is 0 Å². The van der Waals surface area contributed by atoms with E-state index in [1.165, 1.54) is 5.56 Å². The first-order chi connectivity index (χ1) is 13.0. The van der Waals surface area contributed by atoms with Gasteiger partial charge in [-0.25, -0.2) is 0 Å². The van der Waals surface area contributed by atoms with E-state index in [9.17, 15) is 4.79 Å². The number of nitrogens with two attached hydrogens (primary N) is 2. The zero-order valence-electron chi connectivity index (χ0n) is 15.8. The number of carbonyl (C=O) groups excluding carboxylic acids is 1. The van der Waals surface area contributed by atoms with Crippen LogP contribution in [0.2, 0.25) is 0 Å². The van der Waals surface area contributed by atoms with Gasteiger partial charge in [-0.3, -0.25) is 10.2 Å². The van der Waals surface area contributed by atoms with E-state index in [4.69, 9.17) is 21.6 Å². The Labute approximate surface area is 160 Å². The largest absolute Gasteiger partial charge is 0.465 e. The molecule has 0 aliphatic rings. The third-order valence-electron chi connectivity index (χ3n) is 4.27. The van der Waals surface area contributed by atoms with E-state index in [1.807, 2.05) is 47.4 Å². The number of aryl methyl sites for hydroxylation is 1. The molecular weight excluding hydrogens is 340 g/mol. The van der Waals surface area contributed by atoms with Crippen molar-refractivity contribution in [3.63, 3.8) is 0 Å². The van der Waals surface area contributed by atoms with E-state index in [0.717, 1.165) is 37.2 Å². The first kappa shape index (κ1) is 20.3. The maximum Gasteiger partial charge on any atom is 0.325 e. The van der Waals surface area contributed by atoms with Crippen LogP contribution in [0, 0.1) is 5.41 Å². The second kappa shape index (κ2) is 10.2. The van der Waals surface area contributed by atoms with Crippen molar-refractivity contribution < 1.29 is 9.53 Å². The number of nitrogens with zero attached hydrogens (tertiary/aromatic N) is 1. The average molecular weight is 368 g/mol. The molecule has 0 radical (unpaired) electrons. The number of benzene rings is 2. The standard InChI is InChI=1S/C21H28N4O2/c1-2-27-20(26)15-25(19-8-5-7-17(14-19)21(23)24)13-4-3-6-16-9-11-18(22)12-10-16/h5,7-12,14H,2-4,6,13,15,22H2,1H3,(H3,23,24). The summed E-state index contributed by atoms with van der Waals surface area (Å²) in [5.74, 6) is -0.249. The number of unbranched alkanes of at least 4 members (excludes halogenated alkanes) is 1. The van der Waals surface area contributed by atoms with Crippen LogP contribution in [0.1, 0.15) is 30.9 Å². The van der Waals surface area contributed by atoms with Crippen molar-refractivity contribution in [1.29, 1.82) is 5.41 Å². The Morgan fingerprint density at radius 3 is 2.56 bits per heavy atom. The van der Waals surface area contributed by atoms with E-state index in [0.29, 0.717) is 12.2 Å². The van der Waals surface area contributed by atoms with Gasteiger partial charge in [-0.15, -0.1) is 0 Å². The lowest BCUT2D eigenvalue weighted by molar-refractivity contribution is -0.141. The second-order valence-corrected chi connectivity index (χ2v) is 6.39. The van der Waals surface area contributed by atoms with Crippen LogP contribution in [0.3, 0.4) is 0 Å². The van der Waals surface area contributed by atoms with Crippen molar-refractivity contribution in [1.82, 2.24) is 0 Å². The summed E-state index contributed by atoms with van der Waals surface area (Å²) in [7, 11) is 0. The lowest BCUT2D eigenvalue weighted by Crippen LogP contribution is -2.32. The van der Waals surface area contributed by atoms with Crippen LogP contribution in [-0.2, 0) is 16.0 Å². The van der Waals surface area contributed by atoms with Gasteiger partial charge in [0.05, 0.1) is 6.61 Å². The van der Waals surface area contributed by atoms with Crippen LogP contribution in [0.25, 0.3) is 0 Å². The van der Waals surface area contributed by atoms with Gasteiger partial charge in [0, 0.05) is 23.5 Å². The number of rotatable bonds is 10. The third kappa shape index (κ3) is 6.66. The Kier molecular flexibility index (Phi) is 7.67. The molecule has 6 heteroatoms. The average Bonchev–Trinajstić information content (AvgIpc) is 2.66. The number of carbonyl (C=O) groups is 1. The van der Waals surface area contributed by atoms with Gasteiger partial charge >= 0.3 is 5.97 Å². The van der Waals surface area contributed by atoms with Gasteiger partial charge in [-0.2, -0.15) is 0 Å². The van der Waals surface area contributed by atoms with Crippen molar-refractivity contribution in [2.45, 2.75) is 26.2 Å². The molecule has 0 saturated carbocycles. The molecule has 0 amide bonds. The van der Waals surface area contributed by atoms with Crippen LogP contribution < -0.4 is 16.4 Å². The molecule has 0 saturated heterocycles. The number of esters is 1. The molecule has 27 heavy (non-hydrogen) atoms. The Bertz CT molecular complexity index is 759. The molecule has 144 valence electrons. The Balaban J connectivity index is 1.99. The fourth-order valence-corrected chi connectivity index (χ4v) is 2.85. The molecule has 6 nitrogen and oxygen atoms in total. The molecule has 0 atom stereocenters. The molecule has 2 rings (SSSR count). The number of anilines is 2. The van der Waals surface area contributed by atoms with Crippen molar-refractivity contribution in [3.05, 3.63) is 59.7 Å². The minimum Gasteiger partial charge on any atom is -0.465 e. The number of nitrogens with one attached hydrogen (secondary N) is 1. The number of nitrogen functional groups attached to an aromatic ring is 2. The molecule has 0 aliphatic heterocycles. The third-order valence-corrected chi connectivity index (χ3v) is 4.27. The summed E-state index contributed by atoms with van der Waals surface area (Å²) in [5.41, 5.74) is 14.8. The van der Waals surface area contributed by atoms with Gasteiger partial charge in [-0.1, -0.05) is 24.3 Å². The van der Waals surface area contributed by atoms with Crippen molar-refractivity contribution in [2.24, 2.45) is 5.73 Å². The SMILES string of the molecule is CCOC(=O)CN(CCCCc1ccc(N)cc1)c1cccc(C(=N)N)c1. The Morgan fingerprint density at radius 2 is 1.89 bits per heavy atom. The highest BCUT2D eigenvalue weighted by Crippen LogP contribution is 2.18. The van der Waals surface area contributed by atoms with Gasteiger partial charge in [0.15, 0.2) is 0 Å². The molecule has 0 aromatic heterocycles. The molecular formula is C21H28N4O2. The molecule has 0 bridgehead atoms. The summed E-state index contributed by atoms with van der Waals surface area (Å²) in [6.45, 7) is 3.05. The van der Waals surface area contributed by atoms with Crippen molar-refractivity contribution >= 4 is 23.2 Å². The first-order valence-electron chi connectivity index (χ1n) is 9.19. The summed E-state index contributed by atoms with van der Waals surface area (Å²) in [4.78, 5) is 14.0. The first-order valence-corrected chi connectivity index (χ1v) is 9.19. The Hall–Kier alpha value is -3.02. The molecule has 2 aromatic carbocycles. The monoisotopic (exact) mass is 368 g/mol. The lowest BCUT2D eigenvalue weighted by atomic mass is 10.1. The van der Waals surface area contributed by atoms with Crippen LogP contribution in [-0.4, -0.2) is 31.5 Å². The van der Waals surface area contributed by atoms with Gasteiger partial charge in [0.25, 0.3) is 0 Å². The maximum absolute atomic E-state index is 12.0. The summed E-state index contributed by atoms with van der Waals surface area (Å²) < 4.78 is 5.10. The summed E-state index contributed by atoms with van der Waals surface area (Å²) in [5, 5.41) is 7.62. The molecule has 5 N–H and O–H groups in total. The summed E-state index contributed by atoms with van der Waals surface area (Å²) in [6, 6.07) is 15.3. The van der Waals surface area contributed by atoms with Crippen molar-refractivity contribution in [2.75, 3.05) is 30.3 Å². The maximum atomic E-state index is 12.0. The van der Waals surface area contributed by atoms with Crippen molar-refractivity contribution in [3.8, 4) is 0 Å². The smallest absolute Gasteiger partial charge is 0.325 e. The molecule has 0 fully saturated rings. The van der Waals surface area contributed by atoms with Crippen LogP contribution in [0.15, 0.2) is 48.5 Å². The summed E-state index contributed by atoms with van der Waals surface area (Å²) >= 11 is 0. The predicted octanol–water partition coefficient (Wildman–Crippen LogP) is 2.95. The second-order valence-electron chi connectivity index (χ2n) is 6.39. The highest BCUT2D eigenvalue weighted by Gasteiger charge is 2.13. The van der Waals surface area contributed by atoms with E-state index in [-0.39, 0.29) is 18.3 Å². The fourth-order valence-electron chi connectivity index (χ4n) is 2.85. The number of hydrogen-bond acceptors (Lipinski definition) is 5. The fraction of sp³-hybridized carbons (Fsp3) is 0.333. The highest BCUT2D eigenvalue weighted by atomic mass is 16.5. The van der Waals surface area contributed by atoms with E-state index in [1.54, 1.807) is 13.0 Å². The zero-order chi connectivity index (χ0) is 19.6. The summed E-state index contributed by atoms with van der Waals surface area (Å²) in [6.07, 6.45) is 2.88. The van der Waals surface area contributed by atoms with Crippen LogP contribution in [0.5, 0.6) is 0 Å². The van der Waals surface area contributed by atoms with Gasteiger partial charge < -0.3 is 21.1 Å². The minimum atomic E-state index is -0.260. The Morgan fingerprint density at radius 1 is 1.15 bits per heavy atom. The van der Waals surface area contributed by atoms with Gasteiger partial charge in [0.1, 0.15) is 12.4 Å². The zero-order valence-corrected chi connectivity index (χ0v) is 15.8. The molecule has 0 spiro atoms. The number of hydrogen-bond donors (Lipinski definition) is 3. The topological polar surface area (TPSA) is 105 Å². The number of amidine groups is 1. The molecule has 0 aliphatic carbocycles. The molecule has 2 aromatic rings. The predicted molar refractivity (Wildman–Crippen MR) is 110 cm³/mol. The van der Waals surface area contributed by atoms with E-state index < -0.39 is 0 Å². The highest BCUT2D eigenvalue weighted by molar-refractivity contribution is 5.95. The number of ether oxygens (including phenoxy) is 1. The van der Waals surface area contributed by atoms with E-state index >= 15 is 0 Å². The van der Waals surface area contributed by atoms with Crippen LogP contribution in [0.4, 0.5) is 11.4 Å². The lowest BCUT2D eigenvalue weighted by Gasteiger charge is -2.24. The normalized spacial score (nSPS) is 10.4. The molecule has 0 unspecified atom stereocenters. The van der Waals surface area contributed by atoms with E-state index in [2.05, 4.69) is 0 Å². The quantitative estimate of drug-likeness (QED) is 0.197. The van der Waals surface area contributed by atoms with Gasteiger partial charge in [-0.05, 0) is 56.0 Å². The van der Waals surface area contributed by atoms with Gasteiger partial charge in [0.2, 0.25) is 0 Å².